The third kappa shape index (κ3) is 6.32. The van der Waals surface area contributed by atoms with Crippen LogP contribution in [0.5, 0.6) is 0 Å². The lowest BCUT2D eigenvalue weighted by atomic mass is 9.88. The number of halogens is 3. The van der Waals surface area contributed by atoms with Gasteiger partial charge in [0.2, 0.25) is 0 Å². The summed E-state index contributed by atoms with van der Waals surface area (Å²) < 4.78 is 39.2. The van der Waals surface area contributed by atoms with E-state index in [2.05, 4.69) is 10.3 Å². The molecule has 0 radical (unpaired) electrons. The van der Waals surface area contributed by atoms with E-state index in [9.17, 15) is 18.0 Å². The molecule has 2 amide bonds. The zero-order valence-electron chi connectivity index (χ0n) is 13.2. The number of carbonyl (C=O) groups is 1. The number of nitrogens with zero attached hydrogens (tertiary/aromatic N) is 2. The Bertz CT molecular complexity index is 483. The summed E-state index contributed by atoms with van der Waals surface area (Å²) in [6.45, 7) is 5.31. The number of pyridine rings is 1. The van der Waals surface area contributed by atoms with E-state index in [-0.39, 0.29) is 13.0 Å². The van der Waals surface area contributed by atoms with Crippen LogP contribution in [-0.4, -0.2) is 35.2 Å². The summed E-state index contributed by atoms with van der Waals surface area (Å²) in [5.41, 5.74) is 0.203. The van der Waals surface area contributed by atoms with Crippen LogP contribution in [0.4, 0.5) is 18.0 Å². The topological polar surface area (TPSA) is 45.2 Å². The fraction of sp³-hybridized carbons (Fsp3) is 0.600. The predicted molar refractivity (Wildman–Crippen MR) is 78.2 cm³/mol. The standard InChI is InChI=1S/C15H22F3N3O/c1-14(2,3)8-12(15(16,17)18)20-13(22)21(4)10-11-6-5-7-19-9-11/h5-7,9,12H,8,10H2,1-4H3,(H,20,22)/t12-/m0/s1. The van der Waals surface area contributed by atoms with Crippen LogP contribution >= 0.6 is 0 Å². The monoisotopic (exact) mass is 317 g/mol. The Morgan fingerprint density at radius 2 is 2.00 bits per heavy atom. The molecule has 0 saturated heterocycles. The molecule has 0 saturated carbocycles. The molecule has 4 nitrogen and oxygen atoms in total. The van der Waals surface area contributed by atoms with E-state index in [0.717, 1.165) is 5.56 Å². The average molecular weight is 317 g/mol. The Labute approximate surface area is 128 Å². The van der Waals surface area contributed by atoms with Crippen molar-refractivity contribution >= 4 is 6.03 Å². The van der Waals surface area contributed by atoms with Crippen LogP contribution in [0.2, 0.25) is 0 Å². The summed E-state index contributed by atoms with van der Waals surface area (Å²) in [5.74, 6) is 0. The molecule has 1 aromatic heterocycles. The number of amides is 2. The van der Waals surface area contributed by atoms with Gasteiger partial charge in [-0.25, -0.2) is 4.79 Å². The number of carbonyl (C=O) groups excluding carboxylic acids is 1. The molecule has 1 aromatic rings. The first-order valence-corrected chi connectivity index (χ1v) is 6.96. The molecule has 0 fully saturated rings. The molecule has 1 rings (SSSR count). The van der Waals surface area contributed by atoms with Crippen molar-refractivity contribution in [3.63, 3.8) is 0 Å². The second-order valence-electron chi connectivity index (χ2n) is 6.53. The normalized spacial score (nSPS) is 13.6. The average Bonchev–Trinajstić information content (AvgIpc) is 2.36. The van der Waals surface area contributed by atoms with Crippen LogP contribution in [0.1, 0.15) is 32.8 Å². The van der Waals surface area contributed by atoms with E-state index in [1.165, 1.54) is 11.9 Å². The van der Waals surface area contributed by atoms with Gasteiger partial charge in [0.15, 0.2) is 0 Å². The minimum Gasteiger partial charge on any atom is -0.326 e. The van der Waals surface area contributed by atoms with Crippen LogP contribution in [0.25, 0.3) is 0 Å². The molecule has 7 heteroatoms. The summed E-state index contributed by atoms with van der Waals surface area (Å²) in [6, 6.07) is 0.846. The van der Waals surface area contributed by atoms with Gasteiger partial charge in [0, 0.05) is 26.0 Å². The fourth-order valence-electron chi connectivity index (χ4n) is 1.96. The SMILES string of the molecule is CN(Cc1cccnc1)C(=O)N[C@@H](CC(C)(C)C)C(F)(F)F. The van der Waals surface area contributed by atoms with Gasteiger partial charge in [-0.15, -0.1) is 0 Å². The molecule has 0 aromatic carbocycles. The zero-order chi connectivity index (χ0) is 17.0. The highest BCUT2D eigenvalue weighted by Gasteiger charge is 2.43. The van der Waals surface area contributed by atoms with Gasteiger partial charge in [0.1, 0.15) is 6.04 Å². The van der Waals surface area contributed by atoms with Gasteiger partial charge < -0.3 is 10.2 Å². The van der Waals surface area contributed by atoms with Gasteiger partial charge in [-0.2, -0.15) is 13.2 Å². The Hall–Kier alpha value is -1.79. The van der Waals surface area contributed by atoms with E-state index >= 15 is 0 Å². The van der Waals surface area contributed by atoms with Gasteiger partial charge >= 0.3 is 12.2 Å². The number of alkyl halides is 3. The first-order chi connectivity index (χ1) is 9.99. The van der Waals surface area contributed by atoms with Crippen LogP contribution in [0.3, 0.4) is 0 Å². The zero-order valence-corrected chi connectivity index (χ0v) is 13.2. The number of urea groups is 1. The van der Waals surface area contributed by atoms with Gasteiger partial charge in [-0.1, -0.05) is 26.8 Å². The van der Waals surface area contributed by atoms with Crippen LogP contribution in [0, 0.1) is 5.41 Å². The molecule has 0 aliphatic rings. The molecule has 1 N–H and O–H groups in total. The molecule has 0 aliphatic heterocycles. The minimum absolute atomic E-state index is 0.178. The van der Waals surface area contributed by atoms with E-state index in [1.807, 2.05) is 0 Å². The van der Waals surface area contributed by atoms with E-state index in [1.54, 1.807) is 45.3 Å². The summed E-state index contributed by atoms with van der Waals surface area (Å²) in [4.78, 5) is 17.1. The van der Waals surface area contributed by atoms with Crippen molar-refractivity contribution in [3.8, 4) is 0 Å². The summed E-state index contributed by atoms with van der Waals surface area (Å²) in [6.07, 6.45) is -1.49. The fourth-order valence-corrected chi connectivity index (χ4v) is 1.96. The number of hydrogen-bond donors (Lipinski definition) is 1. The molecule has 1 atom stereocenters. The second kappa shape index (κ2) is 6.98. The highest BCUT2D eigenvalue weighted by molar-refractivity contribution is 5.74. The number of aromatic nitrogens is 1. The molecule has 0 unspecified atom stereocenters. The predicted octanol–water partition coefficient (Wildman–Crippen LogP) is 3.59. The molecular formula is C15H22F3N3O. The molecule has 1 heterocycles. The summed E-state index contributed by atoms with van der Waals surface area (Å²) >= 11 is 0. The lowest BCUT2D eigenvalue weighted by molar-refractivity contribution is -0.159. The third-order valence-corrected chi connectivity index (χ3v) is 3.00. The van der Waals surface area contributed by atoms with Crippen molar-refractivity contribution < 1.29 is 18.0 Å². The van der Waals surface area contributed by atoms with Crippen LogP contribution < -0.4 is 5.32 Å². The number of rotatable bonds is 4. The Balaban J connectivity index is 2.70. The first-order valence-electron chi connectivity index (χ1n) is 6.96. The van der Waals surface area contributed by atoms with Gasteiger partial charge in [-0.05, 0) is 23.5 Å². The molecule has 124 valence electrons. The van der Waals surface area contributed by atoms with Crippen molar-refractivity contribution in [3.05, 3.63) is 30.1 Å². The molecule has 0 spiro atoms. The highest BCUT2D eigenvalue weighted by Crippen LogP contribution is 2.30. The summed E-state index contributed by atoms with van der Waals surface area (Å²) in [7, 11) is 1.45. The van der Waals surface area contributed by atoms with Gasteiger partial charge in [0.25, 0.3) is 0 Å². The van der Waals surface area contributed by atoms with Crippen LogP contribution in [-0.2, 0) is 6.54 Å². The van der Waals surface area contributed by atoms with Crippen molar-refractivity contribution in [2.24, 2.45) is 5.41 Å². The Morgan fingerprint density at radius 3 is 2.45 bits per heavy atom. The maximum Gasteiger partial charge on any atom is 0.408 e. The van der Waals surface area contributed by atoms with E-state index in [0.29, 0.717) is 0 Å². The maximum atomic E-state index is 13.1. The van der Waals surface area contributed by atoms with Crippen molar-refractivity contribution in [1.82, 2.24) is 15.2 Å². The van der Waals surface area contributed by atoms with Crippen molar-refractivity contribution in [2.75, 3.05) is 7.05 Å². The molecule has 0 aliphatic carbocycles. The quantitative estimate of drug-likeness (QED) is 0.922. The second-order valence-corrected chi connectivity index (χ2v) is 6.53. The maximum absolute atomic E-state index is 13.1. The number of hydrogen-bond acceptors (Lipinski definition) is 2. The van der Waals surface area contributed by atoms with Crippen LogP contribution in [0.15, 0.2) is 24.5 Å². The molecular weight excluding hydrogens is 295 g/mol. The smallest absolute Gasteiger partial charge is 0.326 e. The molecule has 0 bridgehead atoms. The number of nitrogens with one attached hydrogen (secondary N) is 1. The van der Waals surface area contributed by atoms with E-state index in [4.69, 9.17) is 0 Å². The molecule has 22 heavy (non-hydrogen) atoms. The van der Waals surface area contributed by atoms with Crippen molar-refractivity contribution in [1.29, 1.82) is 0 Å². The van der Waals surface area contributed by atoms with Gasteiger partial charge in [0.05, 0.1) is 0 Å². The third-order valence-electron chi connectivity index (χ3n) is 3.00. The van der Waals surface area contributed by atoms with E-state index < -0.39 is 23.7 Å². The Morgan fingerprint density at radius 1 is 1.36 bits per heavy atom. The lowest BCUT2D eigenvalue weighted by Crippen LogP contribution is -2.51. The first kappa shape index (κ1) is 18.3. The van der Waals surface area contributed by atoms with Gasteiger partial charge in [-0.3, -0.25) is 4.98 Å². The van der Waals surface area contributed by atoms with Crippen molar-refractivity contribution in [2.45, 2.75) is 46.0 Å². The highest BCUT2D eigenvalue weighted by atomic mass is 19.4. The Kier molecular flexibility index (Phi) is 5.79. The summed E-state index contributed by atoms with van der Waals surface area (Å²) in [5, 5.41) is 2.08. The minimum atomic E-state index is -4.47. The lowest BCUT2D eigenvalue weighted by Gasteiger charge is -2.30. The largest absolute Gasteiger partial charge is 0.408 e.